The SMILES string of the molecule is O=C(NCCCN1CCCCC1)[C@H]1CCCN(c2nnc(-n3cccc3)s2)C1. The van der Waals surface area contributed by atoms with Gasteiger partial charge in [0.15, 0.2) is 0 Å². The molecule has 0 aromatic carbocycles. The first kappa shape index (κ1) is 19.4. The molecule has 1 atom stereocenters. The molecule has 1 N–H and O–H groups in total. The van der Waals surface area contributed by atoms with Gasteiger partial charge in [-0.15, -0.1) is 10.2 Å². The molecule has 0 aliphatic carbocycles. The van der Waals surface area contributed by atoms with Gasteiger partial charge in [0, 0.05) is 32.0 Å². The summed E-state index contributed by atoms with van der Waals surface area (Å²) in [6.07, 6.45) is 11.0. The summed E-state index contributed by atoms with van der Waals surface area (Å²) in [4.78, 5) is 17.4. The van der Waals surface area contributed by atoms with Crippen molar-refractivity contribution in [3.05, 3.63) is 24.5 Å². The quantitative estimate of drug-likeness (QED) is 0.721. The number of nitrogens with zero attached hydrogens (tertiary/aromatic N) is 5. The van der Waals surface area contributed by atoms with Crippen molar-refractivity contribution in [1.29, 1.82) is 0 Å². The van der Waals surface area contributed by atoms with Gasteiger partial charge in [0.1, 0.15) is 0 Å². The van der Waals surface area contributed by atoms with E-state index in [9.17, 15) is 4.79 Å². The maximum absolute atomic E-state index is 12.6. The minimum Gasteiger partial charge on any atom is -0.356 e. The van der Waals surface area contributed by atoms with Crippen molar-refractivity contribution in [3.8, 4) is 5.13 Å². The van der Waals surface area contributed by atoms with E-state index in [1.54, 1.807) is 11.3 Å². The number of likely N-dealkylation sites (tertiary alicyclic amines) is 1. The average Bonchev–Trinajstić information content (AvgIpc) is 3.44. The van der Waals surface area contributed by atoms with E-state index in [0.717, 1.165) is 55.7 Å². The Bertz CT molecular complexity index is 740. The van der Waals surface area contributed by atoms with Crippen molar-refractivity contribution in [1.82, 2.24) is 25.0 Å². The second-order valence-corrected chi connectivity index (χ2v) is 8.72. The molecule has 0 unspecified atom stereocenters. The molecule has 2 aromatic heterocycles. The lowest BCUT2D eigenvalue weighted by molar-refractivity contribution is -0.125. The molecule has 152 valence electrons. The van der Waals surface area contributed by atoms with E-state index in [4.69, 9.17) is 0 Å². The zero-order valence-corrected chi connectivity index (χ0v) is 17.2. The van der Waals surface area contributed by atoms with E-state index >= 15 is 0 Å². The minimum atomic E-state index is 0.0441. The molecule has 0 bridgehead atoms. The summed E-state index contributed by atoms with van der Waals surface area (Å²) in [5, 5.41) is 13.6. The number of anilines is 1. The van der Waals surface area contributed by atoms with Gasteiger partial charge in [-0.25, -0.2) is 0 Å². The molecular weight excluding hydrogens is 372 g/mol. The third-order valence-corrected chi connectivity index (χ3v) is 6.69. The van der Waals surface area contributed by atoms with Crippen LogP contribution >= 0.6 is 11.3 Å². The second kappa shape index (κ2) is 9.52. The second-order valence-electron chi connectivity index (χ2n) is 7.79. The molecule has 0 saturated carbocycles. The van der Waals surface area contributed by atoms with Crippen LogP contribution in [0.1, 0.15) is 38.5 Å². The summed E-state index contributed by atoms with van der Waals surface area (Å²) in [5.41, 5.74) is 0. The van der Waals surface area contributed by atoms with E-state index in [2.05, 4.69) is 25.3 Å². The van der Waals surface area contributed by atoms with Gasteiger partial charge in [-0.1, -0.05) is 17.8 Å². The topological polar surface area (TPSA) is 66.3 Å². The Balaban J connectivity index is 1.23. The van der Waals surface area contributed by atoms with Crippen molar-refractivity contribution >= 4 is 22.4 Å². The van der Waals surface area contributed by atoms with Crippen molar-refractivity contribution in [3.63, 3.8) is 0 Å². The highest BCUT2D eigenvalue weighted by atomic mass is 32.1. The molecule has 0 spiro atoms. The van der Waals surface area contributed by atoms with Gasteiger partial charge >= 0.3 is 0 Å². The van der Waals surface area contributed by atoms with Crippen LogP contribution in [0.5, 0.6) is 0 Å². The van der Waals surface area contributed by atoms with Crippen molar-refractivity contribution in [2.75, 3.05) is 44.2 Å². The Hall–Kier alpha value is -1.93. The highest BCUT2D eigenvalue weighted by molar-refractivity contribution is 7.17. The highest BCUT2D eigenvalue weighted by Gasteiger charge is 2.27. The summed E-state index contributed by atoms with van der Waals surface area (Å²) < 4.78 is 1.97. The first-order chi connectivity index (χ1) is 13.8. The van der Waals surface area contributed by atoms with Crippen LogP contribution in [0.4, 0.5) is 5.13 Å². The lowest BCUT2D eigenvalue weighted by Crippen LogP contribution is -2.43. The van der Waals surface area contributed by atoms with Crippen molar-refractivity contribution in [2.45, 2.75) is 38.5 Å². The number of rotatable bonds is 7. The van der Waals surface area contributed by atoms with Crippen molar-refractivity contribution < 1.29 is 4.79 Å². The summed E-state index contributed by atoms with van der Waals surface area (Å²) in [6, 6.07) is 3.96. The Kier molecular flexibility index (Phi) is 6.59. The molecule has 28 heavy (non-hydrogen) atoms. The number of carbonyl (C=O) groups is 1. The predicted molar refractivity (Wildman–Crippen MR) is 112 cm³/mol. The largest absolute Gasteiger partial charge is 0.356 e. The molecule has 2 saturated heterocycles. The molecular formula is C20H30N6OS. The number of aromatic nitrogens is 3. The summed E-state index contributed by atoms with van der Waals surface area (Å²) in [7, 11) is 0. The molecule has 2 fully saturated rings. The Labute approximate surface area is 170 Å². The molecule has 0 radical (unpaired) electrons. The minimum absolute atomic E-state index is 0.0441. The Morgan fingerprint density at radius 2 is 1.86 bits per heavy atom. The predicted octanol–water partition coefficient (Wildman–Crippen LogP) is 2.54. The number of amides is 1. The van der Waals surface area contributed by atoms with Crippen LogP contribution in [0.2, 0.25) is 0 Å². The Morgan fingerprint density at radius 1 is 1.07 bits per heavy atom. The third-order valence-electron chi connectivity index (χ3n) is 5.69. The molecule has 2 aliphatic heterocycles. The van der Waals surface area contributed by atoms with Gasteiger partial charge in [0.25, 0.3) is 0 Å². The molecule has 4 heterocycles. The number of hydrogen-bond donors (Lipinski definition) is 1. The van der Waals surface area contributed by atoms with Gasteiger partial charge in [-0.2, -0.15) is 0 Å². The van der Waals surface area contributed by atoms with Gasteiger partial charge in [-0.05, 0) is 63.9 Å². The van der Waals surface area contributed by atoms with E-state index in [-0.39, 0.29) is 11.8 Å². The average molecular weight is 403 g/mol. The monoisotopic (exact) mass is 402 g/mol. The fourth-order valence-electron chi connectivity index (χ4n) is 4.11. The molecule has 2 aliphatic rings. The lowest BCUT2D eigenvalue weighted by Gasteiger charge is -2.31. The third kappa shape index (κ3) is 4.91. The number of piperidine rings is 2. The summed E-state index contributed by atoms with van der Waals surface area (Å²) >= 11 is 1.58. The fraction of sp³-hybridized carbons (Fsp3) is 0.650. The van der Waals surface area contributed by atoms with Gasteiger partial charge < -0.3 is 15.1 Å². The van der Waals surface area contributed by atoms with Crippen LogP contribution in [0.3, 0.4) is 0 Å². The lowest BCUT2D eigenvalue weighted by atomic mass is 9.97. The van der Waals surface area contributed by atoms with Gasteiger partial charge in [-0.3, -0.25) is 9.36 Å². The highest BCUT2D eigenvalue weighted by Crippen LogP contribution is 2.27. The maximum Gasteiger partial charge on any atom is 0.224 e. The first-order valence-electron chi connectivity index (χ1n) is 10.5. The standard InChI is InChI=1S/C20H30N6OS/c27-18(21-9-7-12-24-10-2-1-3-11-24)17-8-6-15-26(16-17)20-23-22-19(28-20)25-13-4-5-14-25/h4-5,13-14,17H,1-3,6-12,15-16H2,(H,21,27)/t17-/m0/s1. The van der Waals surface area contributed by atoms with Crippen molar-refractivity contribution in [2.24, 2.45) is 5.92 Å². The van der Waals surface area contributed by atoms with E-state index in [1.165, 1.54) is 32.4 Å². The molecule has 1 amide bonds. The zero-order chi connectivity index (χ0) is 19.2. The van der Waals surface area contributed by atoms with Crippen LogP contribution in [-0.4, -0.2) is 64.8 Å². The van der Waals surface area contributed by atoms with E-state index in [1.807, 2.05) is 29.1 Å². The zero-order valence-electron chi connectivity index (χ0n) is 16.4. The summed E-state index contributed by atoms with van der Waals surface area (Å²) in [6.45, 7) is 6.00. The number of carbonyl (C=O) groups excluding carboxylic acids is 1. The van der Waals surface area contributed by atoms with Gasteiger partial charge in [0.2, 0.25) is 16.2 Å². The van der Waals surface area contributed by atoms with Crippen LogP contribution in [-0.2, 0) is 4.79 Å². The number of hydrogen-bond acceptors (Lipinski definition) is 6. The summed E-state index contributed by atoms with van der Waals surface area (Å²) in [5.74, 6) is 0.237. The molecule has 2 aromatic rings. The smallest absolute Gasteiger partial charge is 0.224 e. The normalized spacial score (nSPS) is 21.0. The fourth-order valence-corrected chi connectivity index (χ4v) is 4.96. The van der Waals surface area contributed by atoms with Crippen LogP contribution in [0.25, 0.3) is 5.13 Å². The molecule has 7 nitrogen and oxygen atoms in total. The van der Waals surface area contributed by atoms with E-state index < -0.39 is 0 Å². The Morgan fingerprint density at radius 3 is 2.68 bits per heavy atom. The number of nitrogens with one attached hydrogen (secondary N) is 1. The van der Waals surface area contributed by atoms with Gasteiger partial charge in [0.05, 0.1) is 5.92 Å². The van der Waals surface area contributed by atoms with E-state index in [0.29, 0.717) is 0 Å². The maximum atomic E-state index is 12.6. The van der Waals surface area contributed by atoms with Crippen LogP contribution < -0.4 is 10.2 Å². The molecule has 8 heteroatoms. The van der Waals surface area contributed by atoms with Crippen LogP contribution in [0.15, 0.2) is 24.5 Å². The molecule has 4 rings (SSSR count). The first-order valence-corrected chi connectivity index (χ1v) is 11.3. The van der Waals surface area contributed by atoms with Crippen LogP contribution in [0, 0.1) is 5.92 Å².